The van der Waals surface area contributed by atoms with Crippen molar-refractivity contribution in [2.45, 2.75) is 20.5 Å². The summed E-state index contributed by atoms with van der Waals surface area (Å²) in [5.74, 6) is 0.766. The molecule has 0 aliphatic carbocycles. The van der Waals surface area contributed by atoms with E-state index < -0.39 is 0 Å². The Morgan fingerprint density at radius 2 is 2.19 bits per heavy atom. The van der Waals surface area contributed by atoms with Crippen LogP contribution in [0.3, 0.4) is 0 Å². The molecule has 0 unspecified atom stereocenters. The predicted molar refractivity (Wildman–Crippen MR) is 103 cm³/mol. The number of hydrogen-bond acceptors (Lipinski definition) is 7. The SMILES string of the molecule is CCOc1cc(/C=N\Nc2nc(C)cc(COC)c2C#N)c(Br)cc1O. The maximum atomic E-state index is 9.86. The first-order chi connectivity index (χ1) is 12.5. The summed E-state index contributed by atoms with van der Waals surface area (Å²) in [4.78, 5) is 4.32. The summed E-state index contributed by atoms with van der Waals surface area (Å²) in [5, 5.41) is 23.4. The molecule has 1 aromatic heterocycles. The molecule has 26 heavy (non-hydrogen) atoms. The van der Waals surface area contributed by atoms with Crippen LogP contribution < -0.4 is 10.2 Å². The third-order valence-electron chi connectivity index (χ3n) is 3.39. The Balaban J connectivity index is 2.29. The van der Waals surface area contributed by atoms with Gasteiger partial charge in [0.2, 0.25) is 0 Å². The molecule has 0 radical (unpaired) electrons. The van der Waals surface area contributed by atoms with E-state index in [-0.39, 0.29) is 5.75 Å². The van der Waals surface area contributed by atoms with E-state index in [1.807, 2.05) is 19.9 Å². The van der Waals surface area contributed by atoms with Crippen LogP contribution in [0, 0.1) is 18.3 Å². The van der Waals surface area contributed by atoms with E-state index in [0.717, 1.165) is 11.3 Å². The molecule has 0 aliphatic heterocycles. The van der Waals surface area contributed by atoms with Crippen molar-refractivity contribution in [3.05, 3.63) is 45.1 Å². The van der Waals surface area contributed by atoms with E-state index in [4.69, 9.17) is 9.47 Å². The van der Waals surface area contributed by atoms with Crippen LogP contribution >= 0.6 is 15.9 Å². The number of anilines is 1. The number of aryl methyl sites for hydroxylation is 1. The van der Waals surface area contributed by atoms with Crippen molar-refractivity contribution < 1.29 is 14.6 Å². The molecule has 0 spiro atoms. The minimum Gasteiger partial charge on any atom is -0.504 e. The van der Waals surface area contributed by atoms with Crippen molar-refractivity contribution in [1.29, 1.82) is 5.26 Å². The Morgan fingerprint density at radius 3 is 2.85 bits per heavy atom. The van der Waals surface area contributed by atoms with Crippen LogP contribution in [0.15, 0.2) is 27.8 Å². The number of pyridine rings is 1. The number of ether oxygens (including phenoxy) is 2. The van der Waals surface area contributed by atoms with Crippen LogP contribution in [-0.4, -0.2) is 30.0 Å². The van der Waals surface area contributed by atoms with Gasteiger partial charge >= 0.3 is 0 Å². The molecular formula is C18H19BrN4O3. The minimum absolute atomic E-state index is 0.0418. The third-order valence-corrected chi connectivity index (χ3v) is 4.08. The number of hydrogen-bond donors (Lipinski definition) is 2. The quantitative estimate of drug-likeness (QED) is 0.524. The molecule has 0 amide bonds. The summed E-state index contributed by atoms with van der Waals surface area (Å²) >= 11 is 3.37. The first kappa shape index (κ1) is 19.7. The summed E-state index contributed by atoms with van der Waals surface area (Å²) in [7, 11) is 1.57. The van der Waals surface area contributed by atoms with Crippen LogP contribution in [0.5, 0.6) is 11.5 Å². The number of nitrogens with zero attached hydrogens (tertiary/aromatic N) is 3. The molecule has 0 saturated carbocycles. The van der Waals surface area contributed by atoms with E-state index >= 15 is 0 Å². The zero-order valence-electron chi connectivity index (χ0n) is 14.7. The van der Waals surface area contributed by atoms with Gasteiger partial charge in [0.15, 0.2) is 17.3 Å². The lowest BCUT2D eigenvalue weighted by atomic mass is 10.1. The summed E-state index contributed by atoms with van der Waals surface area (Å²) < 4.78 is 11.2. The fraction of sp³-hybridized carbons (Fsp3) is 0.278. The molecule has 7 nitrogen and oxygen atoms in total. The van der Waals surface area contributed by atoms with Gasteiger partial charge in [-0.15, -0.1) is 0 Å². The highest BCUT2D eigenvalue weighted by molar-refractivity contribution is 9.10. The highest BCUT2D eigenvalue weighted by Crippen LogP contribution is 2.32. The number of phenols is 1. The second kappa shape index (κ2) is 9.17. The van der Waals surface area contributed by atoms with Gasteiger partial charge in [0.25, 0.3) is 0 Å². The smallest absolute Gasteiger partial charge is 0.164 e. The molecule has 0 aliphatic rings. The van der Waals surface area contributed by atoms with E-state index in [1.165, 1.54) is 6.07 Å². The number of methoxy groups -OCH3 is 1. The van der Waals surface area contributed by atoms with Crippen molar-refractivity contribution in [1.82, 2.24) is 4.98 Å². The fourth-order valence-electron chi connectivity index (χ4n) is 2.31. The molecule has 0 fully saturated rings. The standard InChI is InChI=1S/C18H19BrN4O3/c1-4-26-17-6-12(15(19)7-16(17)24)9-21-23-18-14(8-20)13(10-25-3)5-11(2)22-18/h5-7,9,24H,4,10H2,1-3H3,(H,22,23)/b21-9-. The number of hydrazone groups is 1. The molecule has 1 heterocycles. The Bertz CT molecular complexity index is 862. The number of halogens is 1. The lowest BCUT2D eigenvalue weighted by molar-refractivity contribution is 0.184. The van der Waals surface area contributed by atoms with E-state index in [1.54, 1.807) is 19.4 Å². The van der Waals surface area contributed by atoms with Crippen LogP contribution in [-0.2, 0) is 11.3 Å². The lowest BCUT2D eigenvalue weighted by Crippen LogP contribution is -2.03. The largest absolute Gasteiger partial charge is 0.504 e. The van der Waals surface area contributed by atoms with E-state index in [9.17, 15) is 10.4 Å². The van der Waals surface area contributed by atoms with Gasteiger partial charge in [0, 0.05) is 28.4 Å². The van der Waals surface area contributed by atoms with E-state index in [2.05, 4.69) is 37.5 Å². The molecule has 2 N–H and O–H groups in total. The predicted octanol–water partition coefficient (Wildman–Crippen LogP) is 3.72. The molecule has 8 heteroatoms. The van der Waals surface area contributed by atoms with Crippen molar-refractivity contribution >= 4 is 28.0 Å². The summed E-state index contributed by atoms with van der Waals surface area (Å²) in [5.41, 5.74) is 5.37. The summed E-state index contributed by atoms with van der Waals surface area (Å²) in [6.07, 6.45) is 1.55. The monoisotopic (exact) mass is 418 g/mol. The number of phenolic OH excluding ortho intramolecular Hbond substituents is 1. The number of aromatic hydroxyl groups is 1. The van der Waals surface area contributed by atoms with Gasteiger partial charge in [-0.05, 0) is 48.0 Å². The molecule has 2 rings (SSSR count). The van der Waals surface area contributed by atoms with Crippen LogP contribution in [0.4, 0.5) is 5.82 Å². The van der Waals surface area contributed by atoms with Crippen molar-refractivity contribution in [3.63, 3.8) is 0 Å². The number of nitriles is 1. The zero-order valence-corrected chi connectivity index (χ0v) is 16.3. The molecule has 0 saturated heterocycles. The molecule has 1 aromatic carbocycles. The van der Waals surface area contributed by atoms with Crippen molar-refractivity contribution in [2.75, 3.05) is 19.1 Å². The maximum Gasteiger partial charge on any atom is 0.164 e. The van der Waals surface area contributed by atoms with Crippen molar-refractivity contribution in [2.24, 2.45) is 5.10 Å². The fourth-order valence-corrected chi connectivity index (χ4v) is 2.74. The highest BCUT2D eigenvalue weighted by Gasteiger charge is 2.11. The molecule has 136 valence electrons. The zero-order chi connectivity index (χ0) is 19.1. The van der Waals surface area contributed by atoms with Crippen molar-refractivity contribution in [3.8, 4) is 17.6 Å². The number of benzene rings is 1. The van der Waals surface area contributed by atoms with Gasteiger partial charge in [-0.2, -0.15) is 10.4 Å². The number of rotatable bonds is 7. The van der Waals surface area contributed by atoms with Crippen LogP contribution in [0.2, 0.25) is 0 Å². The maximum absolute atomic E-state index is 9.86. The van der Waals surface area contributed by atoms with Gasteiger partial charge in [-0.25, -0.2) is 4.98 Å². The van der Waals surface area contributed by atoms with Gasteiger partial charge in [0.1, 0.15) is 11.6 Å². The Labute approximate surface area is 160 Å². The van der Waals surface area contributed by atoms with Gasteiger partial charge in [0.05, 0.1) is 19.4 Å². The second-order valence-electron chi connectivity index (χ2n) is 5.34. The Kier molecular flexibility index (Phi) is 6.95. The first-order valence-corrected chi connectivity index (χ1v) is 8.63. The van der Waals surface area contributed by atoms with Gasteiger partial charge in [-0.3, -0.25) is 5.43 Å². The first-order valence-electron chi connectivity index (χ1n) is 7.84. The molecular weight excluding hydrogens is 400 g/mol. The highest BCUT2D eigenvalue weighted by atomic mass is 79.9. The van der Waals surface area contributed by atoms with Crippen LogP contribution in [0.25, 0.3) is 0 Å². The normalized spacial score (nSPS) is 10.7. The lowest BCUT2D eigenvalue weighted by Gasteiger charge is -2.10. The van der Waals surface area contributed by atoms with E-state index in [0.29, 0.717) is 40.4 Å². The molecule has 2 aromatic rings. The third kappa shape index (κ3) is 4.71. The second-order valence-corrected chi connectivity index (χ2v) is 6.19. The van der Waals surface area contributed by atoms with Crippen LogP contribution in [0.1, 0.15) is 29.3 Å². The average molecular weight is 419 g/mol. The van der Waals surface area contributed by atoms with Gasteiger partial charge in [-0.1, -0.05) is 0 Å². The molecule has 0 atom stereocenters. The molecule has 0 bridgehead atoms. The van der Waals surface area contributed by atoms with Gasteiger partial charge < -0.3 is 14.6 Å². The summed E-state index contributed by atoms with van der Waals surface area (Å²) in [6.45, 7) is 4.41. The summed E-state index contributed by atoms with van der Waals surface area (Å²) in [6, 6.07) is 7.14. The Hall–Kier alpha value is -2.63. The minimum atomic E-state index is 0.0418. The Morgan fingerprint density at radius 1 is 1.42 bits per heavy atom. The average Bonchev–Trinajstić information content (AvgIpc) is 2.59. The topological polar surface area (TPSA) is 99.8 Å². The number of aromatic nitrogens is 1. The number of nitrogens with one attached hydrogen (secondary N) is 1.